The lowest BCUT2D eigenvalue weighted by Gasteiger charge is -2.26. The highest BCUT2D eigenvalue weighted by atomic mass is 19.3. The van der Waals surface area contributed by atoms with Gasteiger partial charge >= 0.3 is 6.61 Å². The fourth-order valence-electron chi connectivity index (χ4n) is 5.77. The second kappa shape index (κ2) is 11.9. The third-order valence-electron chi connectivity index (χ3n) is 7.78. The number of anilines is 1. The van der Waals surface area contributed by atoms with Crippen LogP contribution in [-0.2, 0) is 24.2 Å². The summed E-state index contributed by atoms with van der Waals surface area (Å²) in [6.45, 7) is -1.15. The lowest BCUT2D eigenvalue weighted by Crippen LogP contribution is -2.45. The summed E-state index contributed by atoms with van der Waals surface area (Å²) >= 11 is 0. The molecule has 5 rings (SSSR count). The van der Waals surface area contributed by atoms with E-state index in [1.165, 1.54) is 28.7 Å². The molecule has 0 spiro atoms. The van der Waals surface area contributed by atoms with Crippen molar-refractivity contribution in [1.82, 2.24) is 9.88 Å². The van der Waals surface area contributed by atoms with Crippen molar-refractivity contribution in [2.75, 3.05) is 18.6 Å². The van der Waals surface area contributed by atoms with Crippen molar-refractivity contribution in [2.45, 2.75) is 57.7 Å². The predicted molar refractivity (Wildman–Crippen MR) is 145 cm³/mol. The zero-order valence-corrected chi connectivity index (χ0v) is 23.0. The first-order valence-corrected chi connectivity index (χ1v) is 13.6. The first-order valence-electron chi connectivity index (χ1n) is 13.6. The summed E-state index contributed by atoms with van der Waals surface area (Å²) in [7, 11) is 1.26. The highest BCUT2D eigenvalue weighted by Gasteiger charge is 2.46. The Labute approximate surface area is 238 Å². The standard InChI is InChI=1S/C30H29F4N3O5/c1-3-36-14-17-6-4-5-7-20(17)26(29(36)40)37-15-21(24-22(31)12-19(41-2)13-23(24)32)25(28(37)39)35-27(38)16-8-10-18(11-9-16)42-30(33)34/h8-14,21,25,30H,3-7,15H2,1-2H3,(H,35,38)/t21-,25-/m0/s1. The molecule has 1 N–H and O–H groups in total. The van der Waals surface area contributed by atoms with Crippen LogP contribution in [0.5, 0.6) is 11.5 Å². The Balaban J connectivity index is 1.57. The zero-order valence-electron chi connectivity index (χ0n) is 23.0. The SMILES string of the molecule is CCn1cc2c(c(N3C[C@@H](c4c(F)cc(OC)cc4F)[C@H](NC(=O)c4ccc(OC(F)F)cc4)C3=O)c1=O)CCCC2. The molecule has 222 valence electrons. The largest absolute Gasteiger partial charge is 0.497 e. The summed E-state index contributed by atoms with van der Waals surface area (Å²) in [4.78, 5) is 42.0. The summed E-state index contributed by atoms with van der Waals surface area (Å²) in [5.74, 6) is -4.86. The van der Waals surface area contributed by atoms with Gasteiger partial charge in [-0.2, -0.15) is 8.78 Å². The Morgan fingerprint density at radius 1 is 1.05 bits per heavy atom. The molecule has 1 aliphatic carbocycles. The number of benzene rings is 2. The number of ether oxygens (including phenoxy) is 2. The second-order valence-corrected chi connectivity index (χ2v) is 10.2. The zero-order chi connectivity index (χ0) is 30.1. The maximum atomic E-state index is 15.4. The summed E-state index contributed by atoms with van der Waals surface area (Å²) in [6.07, 6.45) is 4.82. The van der Waals surface area contributed by atoms with Crippen molar-refractivity contribution in [3.05, 3.63) is 86.8 Å². The number of alkyl halides is 2. The van der Waals surface area contributed by atoms with Crippen LogP contribution in [0.15, 0.2) is 47.4 Å². The molecule has 2 aliphatic rings. The minimum atomic E-state index is -3.05. The molecule has 0 radical (unpaired) electrons. The molecule has 3 aromatic rings. The number of hydrogen-bond acceptors (Lipinski definition) is 5. The van der Waals surface area contributed by atoms with Crippen LogP contribution >= 0.6 is 0 Å². The van der Waals surface area contributed by atoms with Crippen LogP contribution in [-0.4, -0.2) is 42.7 Å². The number of carbonyl (C=O) groups excluding carboxylic acids is 2. The summed E-state index contributed by atoms with van der Waals surface area (Å²) in [6, 6.07) is 5.30. The molecule has 2 aromatic carbocycles. The molecule has 8 nitrogen and oxygen atoms in total. The van der Waals surface area contributed by atoms with Gasteiger partial charge in [-0.15, -0.1) is 0 Å². The number of aromatic nitrogens is 1. The molecule has 2 heterocycles. The predicted octanol–water partition coefficient (Wildman–Crippen LogP) is 4.56. The van der Waals surface area contributed by atoms with Crippen LogP contribution in [0.2, 0.25) is 0 Å². The van der Waals surface area contributed by atoms with Crippen LogP contribution in [0.4, 0.5) is 23.2 Å². The Bertz CT molecular complexity index is 1550. The van der Waals surface area contributed by atoms with Crippen molar-refractivity contribution < 1.29 is 36.6 Å². The molecular weight excluding hydrogens is 558 g/mol. The number of halogens is 4. The molecule has 0 saturated carbocycles. The minimum absolute atomic E-state index is 0.00252. The number of methoxy groups -OCH3 is 1. The number of rotatable bonds is 8. The number of amides is 2. The number of nitrogens with one attached hydrogen (secondary N) is 1. The number of hydrogen-bond donors (Lipinski definition) is 1. The van der Waals surface area contributed by atoms with Gasteiger partial charge in [-0.25, -0.2) is 8.78 Å². The maximum absolute atomic E-state index is 15.4. The fraction of sp³-hybridized carbons (Fsp3) is 0.367. The molecule has 1 saturated heterocycles. The second-order valence-electron chi connectivity index (χ2n) is 10.2. The van der Waals surface area contributed by atoms with Gasteiger partial charge in [0.15, 0.2) is 0 Å². The van der Waals surface area contributed by atoms with Gasteiger partial charge in [0.2, 0.25) is 5.91 Å². The van der Waals surface area contributed by atoms with Crippen LogP contribution in [0, 0.1) is 11.6 Å². The Morgan fingerprint density at radius 2 is 1.71 bits per heavy atom. The van der Waals surface area contributed by atoms with E-state index in [0.717, 1.165) is 54.7 Å². The van der Waals surface area contributed by atoms with Gasteiger partial charge in [0.05, 0.1) is 7.11 Å². The van der Waals surface area contributed by atoms with E-state index in [-0.39, 0.29) is 29.3 Å². The number of aryl methyl sites for hydroxylation is 2. The van der Waals surface area contributed by atoms with Crippen LogP contribution in [0.1, 0.15) is 52.7 Å². The lowest BCUT2D eigenvalue weighted by molar-refractivity contribution is -0.118. The molecule has 1 fully saturated rings. The maximum Gasteiger partial charge on any atom is 0.387 e. The topological polar surface area (TPSA) is 89.9 Å². The van der Waals surface area contributed by atoms with E-state index in [2.05, 4.69) is 10.1 Å². The van der Waals surface area contributed by atoms with Crippen LogP contribution < -0.4 is 25.2 Å². The van der Waals surface area contributed by atoms with Gasteiger partial charge in [0, 0.05) is 48.5 Å². The van der Waals surface area contributed by atoms with Crippen LogP contribution in [0.25, 0.3) is 0 Å². The third kappa shape index (κ3) is 5.45. The first-order chi connectivity index (χ1) is 20.1. The van der Waals surface area contributed by atoms with E-state index in [4.69, 9.17) is 4.74 Å². The van der Waals surface area contributed by atoms with E-state index in [0.29, 0.717) is 13.0 Å². The number of nitrogens with zero attached hydrogens (tertiary/aromatic N) is 2. The fourth-order valence-corrected chi connectivity index (χ4v) is 5.77. The van der Waals surface area contributed by atoms with E-state index >= 15 is 8.78 Å². The average molecular weight is 588 g/mol. The summed E-state index contributed by atoms with van der Waals surface area (Å²) in [5.41, 5.74) is 0.981. The molecule has 42 heavy (non-hydrogen) atoms. The van der Waals surface area contributed by atoms with Crippen molar-refractivity contribution in [3.63, 3.8) is 0 Å². The van der Waals surface area contributed by atoms with E-state index in [9.17, 15) is 23.2 Å². The number of fused-ring (bicyclic) bond motifs is 1. The number of pyridine rings is 1. The van der Waals surface area contributed by atoms with Crippen LogP contribution in [0.3, 0.4) is 0 Å². The summed E-state index contributed by atoms with van der Waals surface area (Å²) in [5, 5.41) is 2.57. The molecule has 12 heteroatoms. The normalized spacial score (nSPS) is 18.3. The Morgan fingerprint density at radius 3 is 2.33 bits per heavy atom. The average Bonchev–Trinajstić information content (AvgIpc) is 3.26. The van der Waals surface area contributed by atoms with Crippen molar-refractivity contribution >= 4 is 17.5 Å². The van der Waals surface area contributed by atoms with Gasteiger partial charge in [-0.3, -0.25) is 14.4 Å². The van der Waals surface area contributed by atoms with Crippen molar-refractivity contribution in [1.29, 1.82) is 0 Å². The monoisotopic (exact) mass is 587 g/mol. The molecule has 1 aromatic heterocycles. The molecule has 0 unspecified atom stereocenters. The number of carbonyl (C=O) groups is 2. The molecule has 2 atom stereocenters. The third-order valence-corrected chi connectivity index (χ3v) is 7.78. The minimum Gasteiger partial charge on any atom is -0.497 e. The highest BCUT2D eigenvalue weighted by molar-refractivity contribution is 6.05. The smallest absolute Gasteiger partial charge is 0.387 e. The quantitative estimate of drug-likeness (QED) is 0.391. The van der Waals surface area contributed by atoms with Gasteiger partial charge in [0.25, 0.3) is 11.5 Å². The molecule has 0 bridgehead atoms. The van der Waals surface area contributed by atoms with E-state index < -0.39 is 53.1 Å². The Kier molecular flexibility index (Phi) is 8.24. The first kappa shape index (κ1) is 29.2. The van der Waals surface area contributed by atoms with Gasteiger partial charge in [-0.05, 0) is 68.0 Å². The molecule has 2 amide bonds. The highest BCUT2D eigenvalue weighted by Crippen LogP contribution is 2.38. The van der Waals surface area contributed by atoms with E-state index in [1.54, 1.807) is 13.1 Å². The van der Waals surface area contributed by atoms with Gasteiger partial charge in [0.1, 0.15) is 34.9 Å². The lowest BCUT2D eigenvalue weighted by atomic mass is 9.91. The van der Waals surface area contributed by atoms with E-state index in [1.807, 2.05) is 0 Å². The van der Waals surface area contributed by atoms with Gasteiger partial charge < -0.3 is 24.3 Å². The molecule has 1 aliphatic heterocycles. The Hall–Kier alpha value is -4.35. The molecular formula is C30H29F4N3O5. The van der Waals surface area contributed by atoms with Crippen molar-refractivity contribution in [2.24, 2.45) is 0 Å². The van der Waals surface area contributed by atoms with Gasteiger partial charge in [-0.1, -0.05) is 0 Å². The van der Waals surface area contributed by atoms with Crippen molar-refractivity contribution in [3.8, 4) is 11.5 Å². The summed E-state index contributed by atoms with van der Waals surface area (Å²) < 4.78 is 66.6.